The molecule has 4 rings (SSSR count). The van der Waals surface area contributed by atoms with E-state index in [4.69, 9.17) is 9.26 Å². The van der Waals surface area contributed by atoms with Crippen molar-refractivity contribution in [1.82, 2.24) is 15.0 Å². The second-order valence-electron chi connectivity index (χ2n) is 7.76. The zero-order valence-corrected chi connectivity index (χ0v) is 17.0. The number of amides is 1. The third kappa shape index (κ3) is 4.16. The molecule has 0 aliphatic carbocycles. The van der Waals surface area contributed by atoms with Crippen molar-refractivity contribution in [3.63, 3.8) is 0 Å². The molecule has 6 heteroatoms. The molecule has 1 unspecified atom stereocenters. The van der Waals surface area contributed by atoms with Gasteiger partial charge in [-0.2, -0.15) is 4.98 Å². The van der Waals surface area contributed by atoms with Crippen LogP contribution in [0.15, 0.2) is 53.1 Å². The molecule has 0 bridgehead atoms. The summed E-state index contributed by atoms with van der Waals surface area (Å²) >= 11 is 0. The van der Waals surface area contributed by atoms with E-state index in [-0.39, 0.29) is 11.8 Å². The molecule has 2 heterocycles. The number of aromatic nitrogens is 2. The van der Waals surface area contributed by atoms with Crippen LogP contribution in [0.1, 0.15) is 49.1 Å². The van der Waals surface area contributed by atoms with Crippen LogP contribution in [0.4, 0.5) is 0 Å². The van der Waals surface area contributed by atoms with E-state index < -0.39 is 0 Å². The first-order chi connectivity index (χ1) is 14.0. The van der Waals surface area contributed by atoms with Gasteiger partial charge < -0.3 is 14.2 Å². The highest BCUT2D eigenvalue weighted by Crippen LogP contribution is 2.30. The van der Waals surface area contributed by atoms with Gasteiger partial charge in [0.15, 0.2) is 0 Å². The number of rotatable bonds is 6. The second-order valence-corrected chi connectivity index (χ2v) is 7.76. The minimum atomic E-state index is -0.0723. The molecule has 0 N–H and O–H groups in total. The minimum Gasteiger partial charge on any atom is -0.497 e. The summed E-state index contributed by atoms with van der Waals surface area (Å²) in [5, 5.41) is 4.13. The van der Waals surface area contributed by atoms with Gasteiger partial charge in [-0.05, 0) is 29.2 Å². The third-order valence-corrected chi connectivity index (χ3v) is 5.37. The molecule has 29 heavy (non-hydrogen) atoms. The second kappa shape index (κ2) is 8.07. The van der Waals surface area contributed by atoms with Crippen LogP contribution in [0.25, 0.3) is 11.4 Å². The summed E-state index contributed by atoms with van der Waals surface area (Å²) in [6, 6.07) is 16.0. The normalized spacial score (nSPS) is 16.6. The van der Waals surface area contributed by atoms with Crippen molar-refractivity contribution in [3.8, 4) is 17.1 Å². The van der Waals surface area contributed by atoms with Crippen molar-refractivity contribution in [1.29, 1.82) is 0 Å². The van der Waals surface area contributed by atoms with Crippen LogP contribution in [0.2, 0.25) is 0 Å². The van der Waals surface area contributed by atoms with Gasteiger partial charge in [-0.25, -0.2) is 0 Å². The van der Waals surface area contributed by atoms with E-state index >= 15 is 0 Å². The minimum absolute atomic E-state index is 0.0723. The lowest BCUT2D eigenvalue weighted by atomic mass is 10.0. The average Bonchev–Trinajstić information content (AvgIpc) is 3.36. The summed E-state index contributed by atoms with van der Waals surface area (Å²) in [6.45, 7) is 5.47. The van der Waals surface area contributed by atoms with Crippen molar-refractivity contribution < 1.29 is 14.1 Å². The van der Waals surface area contributed by atoms with Gasteiger partial charge in [-0.15, -0.1) is 0 Å². The predicted molar refractivity (Wildman–Crippen MR) is 110 cm³/mol. The van der Waals surface area contributed by atoms with Gasteiger partial charge in [-0.1, -0.05) is 55.4 Å². The maximum atomic E-state index is 12.5. The topological polar surface area (TPSA) is 68.5 Å². The Morgan fingerprint density at radius 2 is 1.86 bits per heavy atom. The van der Waals surface area contributed by atoms with E-state index in [0.717, 1.165) is 16.9 Å². The third-order valence-electron chi connectivity index (χ3n) is 5.37. The van der Waals surface area contributed by atoms with Crippen molar-refractivity contribution in [2.24, 2.45) is 0 Å². The molecule has 3 aromatic rings. The van der Waals surface area contributed by atoms with Crippen LogP contribution in [-0.4, -0.2) is 34.6 Å². The lowest BCUT2D eigenvalue weighted by Gasteiger charge is -2.16. The molecule has 1 aliphatic rings. The number of ether oxygens (including phenoxy) is 1. The van der Waals surface area contributed by atoms with Crippen LogP contribution in [0.5, 0.6) is 5.75 Å². The Morgan fingerprint density at radius 1 is 1.14 bits per heavy atom. The molecule has 150 valence electrons. The lowest BCUT2D eigenvalue weighted by Crippen LogP contribution is -2.24. The van der Waals surface area contributed by atoms with Crippen LogP contribution < -0.4 is 4.74 Å². The SMILES string of the molecule is COc1ccc(CN2CC(c3nc(-c4ccc(C(C)C)cc4)no3)CC2=O)cc1. The van der Waals surface area contributed by atoms with E-state index in [1.54, 1.807) is 7.11 Å². The molecule has 1 aliphatic heterocycles. The zero-order chi connectivity index (χ0) is 20.4. The Balaban J connectivity index is 1.43. The quantitative estimate of drug-likeness (QED) is 0.624. The Bertz CT molecular complexity index is 977. The van der Waals surface area contributed by atoms with E-state index in [0.29, 0.717) is 37.1 Å². The van der Waals surface area contributed by atoms with Gasteiger partial charge in [0.2, 0.25) is 17.6 Å². The highest BCUT2D eigenvalue weighted by molar-refractivity contribution is 5.79. The summed E-state index contributed by atoms with van der Waals surface area (Å²) in [6.07, 6.45) is 0.393. The molecular formula is C23H25N3O3. The number of carbonyl (C=O) groups excluding carboxylic acids is 1. The van der Waals surface area contributed by atoms with Gasteiger partial charge in [0.25, 0.3) is 0 Å². The van der Waals surface area contributed by atoms with Gasteiger partial charge in [0, 0.05) is 25.1 Å². The highest BCUT2D eigenvalue weighted by atomic mass is 16.5. The van der Waals surface area contributed by atoms with Crippen LogP contribution in [-0.2, 0) is 11.3 Å². The fourth-order valence-corrected chi connectivity index (χ4v) is 3.58. The number of benzene rings is 2. The standard InChI is InChI=1S/C23H25N3O3/c1-15(2)17-6-8-18(9-7-17)22-24-23(29-25-22)19-12-21(27)26(14-19)13-16-4-10-20(28-3)11-5-16/h4-11,15,19H,12-14H2,1-3H3. The molecular weight excluding hydrogens is 366 g/mol. The summed E-state index contributed by atoms with van der Waals surface area (Å²) in [7, 11) is 1.64. The molecule has 1 saturated heterocycles. The Labute approximate surface area is 170 Å². The van der Waals surface area contributed by atoms with Crippen molar-refractivity contribution in [2.45, 2.75) is 38.6 Å². The summed E-state index contributed by atoms with van der Waals surface area (Å²) < 4.78 is 10.7. The number of likely N-dealkylation sites (tertiary alicyclic amines) is 1. The highest BCUT2D eigenvalue weighted by Gasteiger charge is 2.34. The largest absolute Gasteiger partial charge is 0.497 e. The maximum absolute atomic E-state index is 12.5. The first kappa shape index (κ1) is 19.2. The summed E-state index contributed by atoms with van der Waals surface area (Å²) in [4.78, 5) is 18.9. The van der Waals surface area contributed by atoms with Crippen molar-refractivity contribution in [2.75, 3.05) is 13.7 Å². The molecule has 1 aromatic heterocycles. The number of nitrogens with zero attached hydrogens (tertiary/aromatic N) is 3. The van der Waals surface area contributed by atoms with Crippen LogP contribution in [0.3, 0.4) is 0 Å². The number of hydrogen-bond acceptors (Lipinski definition) is 5. The first-order valence-corrected chi connectivity index (χ1v) is 9.88. The smallest absolute Gasteiger partial charge is 0.232 e. The van der Waals surface area contributed by atoms with Crippen LogP contribution in [0, 0.1) is 0 Å². The number of hydrogen-bond donors (Lipinski definition) is 0. The van der Waals surface area contributed by atoms with Crippen molar-refractivity contribution >= 4 is 5.91 Å². The van der Waals surface area contributed by atoms with Gasteiger partial charge in [0.05, 0.1) is 13.0 Å². The van der Waals surface area contributed by atoms with Crippen molar-refractivity contribution in [3.05, 3.63) is 65.5 Å². The molecule has 0 spiro atoms. The molecule has 1 fully saturated rings. The van der Waals surface area contributed by atoms with E-state index in [1.165, 1.54) is 5.56 Å². The summed E-state index contributed by atoms with van der Waals surface area (Å²) in [5.41, 5.74) is 3.26. The summed E-state index contributed by atoms with van der Waals surface area (Å²) in [5.74, 6) is 2.41. The molecule has 0 radical (unpaired) electrons. The maximum Gasteiger partial charge on any atom is 0.232 e. The molecule has 2 aromatic carbocycles. The first-order valence-electron chi connectivity index (χ1n) is 9.88. The van der Waals surface area contributed by atoms with E-state index in [2.05, 4.69) is 36.1 Å². The van der Waals surface area contributed by atoms with Gasteiger partial charge in [-0.3, -0.25) is 4.79 Å². The molecule has 1 amide bonds. The van der Waals surface area contributed by atoms with E-state index in [9.17, 15) is 4.79 Å². The fourth-order valence-electron chi connectivity index (χ4n) is 3.58. The Hall–Kier alpha value is -3.15. The molecule has 6 nitrogen and oxygen atoms in total. The number of methoxy groups -OCH3 is 1. The van der Waals surface area contributed by atoms with Gasteiger partial charge in [0.1, 0.15) is 5.75 Å². The van der Waals surface area contributed by atoms with Gasteiger partial charge >= 0.3 is 0 Å². The lowest BCUT2D eigenvalue weighted by molar-refractivity contribution is -0.128. The Morgan fingerprint density at radius 3 is 2.52 bits per heavy atom. The van der Waals surface area contributed by atoms with E-state index in [1.807, 2.05) is 41.3 Å². The Kier molecular flexibility index (Phi) is 5.34. The van der Waals surface area contributed by atoms with Crippen LogP contribution >= 0.6 is 0 Å². The predicted octanol–water partition coefficient (Wildman–Crippen LogP) is 4.38. The monoisotopic (exact) mass is 391 g/mol. The zero-order valence-electron chi connectivity index (χ0n) is 17.0. The average molecular weight is 391 g/mol. The number of carbonyl (C=O) groups is 1. The molecule has 1 atom stereocenters. The molecule has 0 saturated carbocycles. The fraction of sp³-hybridized carbons (Fsp3) is 0.348.